The molecule has 4 nitrogen and oxygen atoms in total. The Hall–Kier alpha value is -1.06. The number of nitrogens with zero attached hydrogens (tertiary/aromatic N) is 1. The van der Waals surface area contributed by atoms with Crippen LogP contribution in [0.25, 0.3) is 0 Å². The van der Waals surface area contributed by atoms with Gasteiger partial charge in [0.15, 0.2) is 0 Å². The Morgan fingerprint density at radius 1 is 0.808 bits per heavy atom. The van der Waals surface area contributed by atoms with Crippen LogP contribution < -0.4 is 5.32 Å². The molecule has 0 bridgehead atoms. The lowest BCUT2D eigenvalue weighted by molar-refractivity contribution is -0.121. The number of rotatable bonds is 7. The first-order chi connectivity index (χ1) is 12.8. The van der Waals surface area contributed by atoms with Crippen molar-refractivity contribution in [1.29, 1.82) is 0 Å². The monoisotopic (exact) mass is 366 g/mol. The van der Waals surface area contributed by atoms with E-state index in [9.17, 15) is 4.79 Å². The zero-order valence-electron chi connectivity index (χ0n) is 17.2. The second-order valence-electron chi connectivity index (χ2n) is 7.69. The molecule has 0 aromatic heterocycles. The quantitative estimate of drug-likeness (QED) is 0.434. The van der Waals surface area contributed by atoms with Crippen LogP contribution in [-0.2, 0) is 9.63 Å². The maximum absolute atomic E-state index is 11.8. The fraction of sp³-hybridized carbons (Fsp3) is 0.909. The second-order valence-corrected chi connectivity index (χ2v) is 7.69. The summed E-state index contributed by atoms with van der Waals surface area (Å²) < 4.78 is 0. The fourth-order valence-electron chi connectivity index (χ4n) is 3.41. The molecule has 4 heteroatoms. The summed E-state index contributed by atoms with van der Waals surface area (Å²) >= 11 is 0. The lowest BCUT2D eigenvalue weighted by Gasteiger charge is -2.09. The molecule has 1 rings (SSSR count). The zero-order valence-corrected chi connectivity index (χ0v) is 17.2. The largest absolute Gasteiger partial charge is 0.396 e. The first kappa shape index (κ1) is 23.0. The van der Waals surface area contributed by atoms with Crippen molar-refractivity contribution in [3.63, 3.8) is 0 Å². The molecule has 0 radical (unpaired) electrons. The minimum Gasteiger partial charge on any atom is -0.396 e. The summed E-state index contributed by atoms with van der Waals surface area (Å²) in [7, 11) is 0. The maximum Gasteiger partial charge on any atom is 0.219 e. The molecule has 152 valence electrons. The Morgan fingerprint density at radius 2 is 1.42 bits per heavy atom. The first-order valence-corrected chi connectivity index (χ1v) is 11.3. The maximum atomic E-state index is 11.8. The number of hydrogen-bond acceptors (Lipinski definition) is 3. The summed E-state index contributed by atoms with van der Waals surface area (Å²) in [6.45, 7) is 3.74. The Bertz CT molecular complexity index is 369. The molecule has 0 aliphatic carbocycles. The molecule has 0 atom stereocenters. The van der Waals surface area contributed by atoms with Crippen LogP contribution in [0.3, 0.4) is 0 Å². The number of nitrogens with one attached hydrogen (secondary N) is 1. The third kappa shape index (κ3) is 14.1. The van der Waals surface area contributed by atoms with E-state index >= 15 is 0 Å². The third-order valence-corrected chi connectivity index (χ3v) is 5.12. The fourth-order valence-corrected chi connectivity index (χ4v) is 3.41. The van der Waals surface area contributed by atoms with Crippen LogP contribution in [0.15, 0.2) is 5.16 Å². The van der Waals surface area contributed by atoms with Crippen LogP contribution in [0.5, 0.6) is 0 Å². The van der Waals surface area contributed by atoms with Crippen molar-refractivity contribution >= 4 is 11.6 Å². The van der Waals surface area contributed by atoms with Gasteiger partial charge in [-0.05, 0) is 44.9 Å². The zero-order chi connectivity index (χ0) is 18.7. The SMILES string of the molecule is CCCCCCCO/N=C1\CCCCCCCCCCC(=O)NCCC1. The van der Waals surface area contributed by atoms with E-state index in [1.54, 1.807) is 0 Å². The first-order valence-electron chi connectivity index (χ1n) is 11.3. The van der Waals surface area contributed by atoms with Gasteiger partial charge in [0.05, 0.1) is 5.71 Å². The van der Waals surface area contributed by atoms with Crippen LogP contribution in [0.1, 0.15) is 116 Å². The highest BCUT2D eigenvalue weighted by Crippen LogP contribution is 2.13. The van der Waals surface area contributed by atoms with E-state index in [1.165, 1.54) is 76.3 Å². The van der Waals surface area contributed by atoms with Gasteiger partial charge >= 0.3 is 0 Å². The summed E-state index contributed by atoms with van der Waals surface area (Å²) in [5.74, 6) is 0.207. The lowest BCUT2D eigenvalue weighted by Crippen LogP contribution is -2.24. The van der Waals surface area contributed by atoms with E-state index in [0.29, 0.717) is 6.42 Å². The Balaban J connectivity index is 2.30. The smallest absolute Gasteiger partial charge is 0.219 e. The predicted molar refractivity (Wildman–Crippen MR) is 111 cm³/mol. The van der Waals surface area contributed by atoms with E-state index < -0.39 is 0 Å². The van der Waals surface area contributed by atoms with E-state index in [0.717, 1.165) is 45.3 Å². The molecule has 1 fully saturated rings. The normalized spacial score (nSPS) is 20.7. The van der Waals surface area contributed by atoms with Gasteiger partial charge in [0.25, 0.3) is 0 Å². The molecule has 0 saturated carbocycles. The topological polar surface area (TPSA) is 50.7 Å². The number of amides is 1. The van der Waals surface area contributed by atoms with Crippen molar-refractivity contribution in [2.24, 2.45) is 5.16 Å². The number of carbonyl (C=O) groups excluding carboxylic acids is 1. The molecule has 0 aromatic carbocycles. The van der Waals surface area contributed by atoms with Gasteiger partial charge in [0, 0.05) is 13.0 Å². The predicted octanol–water partition coefficient (Wildman–Crippen LogP) is 6.14. The van der Waals surface area contributed by atoms with E-state index in [-0.39, 0.29) is 5.91 Å². The molecule has 1 saturated heterocycles. The molecule has 1 aliphatic rings. The van der Waals surface area contributed by atoms with Gasteiger partial charge in [0.1, 0.15) is 6.61 Å². The number of hydrogen-bond donors (Lipinski definition) is 1. The number of carbonyl (C=O) groups is 1. The van der Waals surface area contributed by atoms with Gasteiger partial charge < -0.3 is 10.2 Å². The van der Waals surface area contributed by atoms with E-state index in [1.807, 2.05) is 0 Å². The molecule has 1 heterocycles. The minimum absolute atomic E-state index is 0.207. The molecule has 1 N–H and O–H groups in total. The van der Waals surface area contributed by atoms with Crippen molar-refractivity contribution < 1.29 is 9.63 Å². The van der Waals surface area contributed by atoms with Crippen molar-refractivity contribution in [1.82, 2.24) is 5.32 Å². The lowest BCUT2D eigenvalue weighted by atomic mass is 10.0. The Morgan fingerprint density at radius 3 is 2.15 bits per heavy atom. The second kappa shape index (κ2) is 17.4. The highest BCUT2D eigenvalue weighted by molar-refractivity contribution is 5.84. The van der Waals surface area contributed by atoms with Crippen molar-refractivity contribution in [2.75, 3.05) is 13.2 Å². The molecule has 1 amide bonds. The van der Waals surface area contributed by atoms with Crippen molar-refractivity contribution in [2.45, 2.75) is 116 Å². The molecule has 0 unspecified atom stereocenters. The average Bonchev–Trinajstić information content (AvgIpc) is 2.64. The van der Waals surface area contributed by atoms with Gasteiger partial charge in [0.2, 0.25) is 5.91 Å². The van der Waals surface area contributed by atoms with Gasteiger partial charge in [-0.15, -0.1) is 0 Å². The van der Waals surface area contributed by atoms with E-state index in [4.69, 9.17) is 4.84 Å². The Labute approximate surface area is 161 Å². The molecular weight excluding hydrogens is 324 g/mol. The van der Waals surface area contributed by atoms with Crippen LogP contribution in [-0.4, -0.2) is 24.8 Å². The van der Waals surface area contributed by atoms with Crippen molar-refractivity contribution in [3.05, 3.63) is 0 Å². The number of oxime groups is 1. The van der Waals surface area contributed by atoms with Crippen molar-refractivity contribution in [3.8, 4) is 0 Å². The van der Waals surface area contributed by atoms with Crippen LogP contribution in [0, 0.1) is 0 Å². The summed E-state index contributed by atoms with van der Waals surface area (Å²) in [4.78, 5) is 17.4. The van der Waals surface area contributed by atoms with Crippen LogP contribution >= 0.6 is 0 Å². The minimum atomic E-state index is 0.207. The average molecular weight is 367 g/mol. The molecule has 26 heavy (non-hydrogen) atoms. The van der Waals surface area contributed by atoms with Gasteiger partial charge in [-0.1, -0.05) is 69.9 Å². The molecule has 0 spiro atoms. The van der Waals surface area contributed by atoms with Gasteiger partial charge in [-0.2, -0.15) is 0 Å². The van der Waals surface area contributed by atoms with Gasteiger partial charge in [-0.3, -0.25) is 4.79 Å². The van der Waals surface area contributed by atoms with Gasteiger partial charge in [-0.25, -0.2) is 0 Å². The standard InChI is InChI=1S/C22H42N2O2/c1-2-3-4-11-14-20-26-24-21-16-12-9-7-5-6-8-10-13-18-22(25)23-19-15-17-21/h2-20H2,1H3,(H,23,25)/b24-21+. The molecule has 0 aromatic rings. The Kier molecular flexibility index (Phi) is 15.3. The summed E-state index contributed by atoms with van der Waals surface area (Å²) in [5, 5.41) is 7.47. The van der Waals surface area contributed by atoms with Crippen LogP contribution in [0.2, 0.25) is 0 Å². The molecule has 1 aliphatic heterocycles. The summed E-state index contributed by atoms with van der Waals surface area (Å²) in [6.07, 6.45) is 19.8. The highest BCUT2D eigenvalue weighted by atomic mass is 16.6. The summed E-state index contributed by atoms with van der Waals surface area (Å²) in [6, 6.07) is 0. The number of unbranched alkanes of at least 4 members (excludes halogenated alkanes) is 4. The third-order valence-electron chi connectivity index (χ3n) is 5.12. The summed E-state index contributed by atoms with van der Waals surface area (Å²) in [5.41, 5.74) is 1.18. The molecular formula is C22H42N2O2. The van der Waals surface area contributed by atoms with Crippen LogP contribution in [0.4, 0.5) is 0 Å². The highest BCUT2D eigenvalue weighted by Gasteiger charge is 2.05. The van der Waals surface area contributed by atoms with E-state index in [2.05, 4.69) is 17.4 Å².